The first-order chi connectivity index (χ1) is 16.8. The Morgan fingerprint density at radius 3 is 1.15 bits per heavy atom. The SMILES string of the molecule is C1=Cc2cc3ccc(cc4nc(cc5ccc(cc1n2)n5-c1ncc[nH]1)C=C4)n3-c1ncc[nH]1. The summed E-state index contributed by atoms with van der Waals surface area (Å²) in [5, 5.41) is 0. The number of aromatic amines is 2. The number of nitrogens with one attached hydrogen (secondary N) is 2. The summed E-state index contributed by atoms with van der Waals surface area (Å²) < 4.78 is 4.13. The van der Waals surface area contributed by atoms with Gasteiger partial charge in [0.15, 0.2) is 0 Å². The average molecular weight is 442 g/mol. The first-order valence-corrected chi connectivity index (χ1v) is 10.9. The molecular formula is C26H18N8. The van der Waals surface area contributed by atoms with Crippen molar-refractivity contribution in [1.82, 2.24) is 39.0 Å². The van der Waals surface area contributed by atoms with Crippen molar-refractivity contribution in [3.05, 3.63) is 96.1 Å². The first kappa shape index (κ1) is 18.6. The van der Waals surface area contributed by atoms with Crippen LogP contribution in [0.2, 0.25) is 0 Å². The molecule has 8 nitrogen and oxygen atoms in total. The Morgan fingerprint density at radius 1 is 0.500 bits per heavy atom. The van der Waals surface area contributed by atoms with E-state index in [1.54, 1.807) is 12.4 Å². The summed E-state index contributed by atoms with van der Waals surface area (Å²) in [4.78, 5) is 25.0. The highest BCUT2D eigenvalue weighted by molar-refractivity contribution is 5.79. The largest absolute Gasteiger partial charge is 0.330 e. The van der Waals surface area contributed by atoms with Crippen LogP contribution in [0.3, 0.4) is 0 Å². The predicted molar refractivity (Wildman–Crippen MR) is 133 cm³/mol. The van der Waals surface area contributed by atoms with Crippen LogP contribution in [0.4, 0.5) is 0 Å². The standard InChI is InChI=1S/C26H18N8/c1-2-18-14-22-7-8-24(34(22)26-29-11-12-30-26)16-20-4-3-19(32-20)15-23-6-5-21(13-17(1)31-18)33(23)25-27-9-10-28-25/h1-16H,(H,27,28)(H,29,30). The maximum atomic E-state index is 4.83. The highest BCUT2D eigenvalue weighted by Gasteiger charge is 2.10. The van der Waals surface area contributed by atoms with Crippen LogP contribution in [0.25, 0.3) is 58.3 Å². The Morgan fingerprint density at radius 2 is 0.853 bits per heavy atom. The fourth-order valence-corrected chi connectivity index (χ4v) is 4.35. The van der Waals surface area contributed by atoms with Crippen molar-refractivity contribution >= 4 is 46.4 Å². The summed E-state index contributed by atoms with van der Waals surface area (Å²) in [5.41, 5.74) is 7.35. The Hall–Kier alpha value is -4.98. The number of hydrogen-bond donors (Lipinski definition) is 2. The second kappa shape index (κ2) is 7.28. The highest BCUT2D eigenvalue weighted by Crippen LogP contribution is 2.23. The van der Waals surface area contributed by atoms with Gasteiger partial charge < -0.3 is 9.97 Å². The molecule has 34 heavy (non-hydrogen) atoms. The zero-order chi connectivity index (χ0) is 22.5. The number of aromatic nitrogens is 8. The quantitative estimate of drug-likeness (QED) is 0.393. The lowest BCUT2D eigenvalue weighted by Crippen LogP contribution is -1.96. The van der Waals surface area contributed by atoms with E-state index in [0.717, 1.165) is 56.7 Å². The molecule has 2 aliphatic rings. The second-order valence-electron chi connectivity index (χ2n) is 8.03. The lowest BCUT2D eigenvalue weighted by atomic mass is 10.3. The zero-order valence-electron chi connectivity index (χ0n) is 17.9. The fraction of sp³-hybridized carbons (Fsp3) is 0. The molecule has 8 bridgehead atoms. The molecular weight excluding hydrogens is 424 g/mol. The summed E-state index contributed by atoms with van der Waals surface area (Å²) in [6.07, 6.45) is 15.2. The van der Waals surface area contributed by atoms with E-state index < -0.39 is 0 Å². The minimum atomic E-state index is 0.739. The normalized spacial score (nSPS) is 12.5. The van der Waals surface area contributed by atoms with Gasteiger partial charge in [-0.25, -0.2) is 19.9 Å². The third kappa shape index (κ3) is 3.08. The second-order valence-corrected chi connectivity index (χ2v) is 8.03. The molecule has 0 radical (unpaired) electrons. The van der Waals surface area contributed by atoms with Crippen LogP contribution in [-0.2, 0) is 0 Å². The third-order valence-corrected chi connectivity index (χ3v) is 5.82. The Bertz CT molecular complexity index is 1530. The van der Waals surface area contributed by atoms with E-state index >= 15 is 0 Å². The molecule has 0 unspecified atom stereocenters. The third-order valence-electron chi connectivity index (χ3n) is 5.82. The van der Waals surface area contributed by atoms with Gasteiger partial charge in [0.25, 0.3) is 0 Å². The summed E-state index contributed by atoms with van der Waals surface area (Å²) >= 11 is 0. The van der Waals surface area contributed by atoms with E-state index in [1.165, 1.54) is 0 Å². The van der Waals surface area contributed by atoms with Gasteiger partial charge in [-0.05, 0) is 72.8 Å². The molecule has 0 amide bonds. The molecule has 7 rings (SSSR count). The van der Waals surface area contributed by atoms with Gasteiger partial charge in [-0.15, -0.1) is 0 Å². The van der Waals surface area contributed by atoms with Crippen molar-refractivity contribution in [3.8, 4) is 11.9 Å². The Kier molecular flexibility index (Phi) is 3.98. The minimum Gasteiger partial charge on any atom is -0.330 e. The molecule has 5 aromatic heterocycles. The van der Waals surface area contributed by atoms with Crippen molar-refractivity contribution in [1.29, 1.82) is 0 Å². The van der Waals surface area contributed by atoms with Crippen molar-refractivity contribution in [2.24, 2.45) is 0 Å². The summed E-state index contributed by atoms with van der Waals surface area (Å²) in [5.74, 6) is 1.48. The maximum Gasteiger partial charge on any atom is 0.212 e. The van der Waals surface area contributed by atoms with Crippen LogP contribution in [0.5, 0.6) is 0 Å². The molecule has 0 aromatic carbocycles. The van der Waals surface area contributed by atoms with Gasteiger partial charge in [0.1, 0.15) is 0 Å². The number of imidazole rings is 2. The van der Waals surface area contributed by atoms with Gasteiger partial charge in [0, 0.05) is 24.8 Å². The average Bonchev–Trinajstić information content (AvgIpc) is 3.65. The van der Waals surface area contributed by atoms with Gasteiger partial charge >= 0.3 is 0 Å². The number of fused-ring (bicyclic) bond motifs is 8. The first-order valence-electron chi connectivity index (χ1n) is 10.9. The lowest BCUT2D eigenvalue weighted by molar-refractivity contribution is 1.03. The predicted octanol–water partition coefficient (Wildman–Crippen LogP) is 5.03. The van der Waals surface area contributed by atoms with Crippen LogP contribution in [0, 0.1) is 0 Å². The lowest BCUT2D eigenvalue weighted by Gasteiger charge is -2.02. The molecule has 162 valence electrons. The van der Waals surface area contributed by atoms with E-state index in [1.807, 2.05) is 36.7 Å². The molecule has 0 spiro atoms. The molecule has 0 fully saturated rings. The Balaban J connectivity index is 1.59. The van der Waals surface area contributed by atoms with Gasteiger partial charge in [-0.1, -0.05) is 0 Å². The van der Waals surface area contributed by atoms with Crippen LogP contribution in [0.15, 0.2) is 73.3 Å². The number of H-pyrrole nitrogens is 2. The molecule has 0 atom stereocenters. The summed E-state index contributed by atoms with van der Waals surface area (Å²) in [7, 11) is 0. The molecule has 8 heteroatoms. The van der Waals surface area contributed by atoms with Gasteiger partial charge in [0.2, 0.25) is 11.9 Å². The number of rotatable bonds is 2. The van der Waals surface area contributed by atoms with E-state index in [4.69, 9.17) is 9.97 Å². The van der Waals surface area contributed by atoms with Gasteiger partial charge in [-0.2, -0.15) is 0 Å². The summed E-state index contributed by atoms with van der Waals surface area (Å²) in [6.45, 7) is 0. The molecule has 2 N–H and O–H groups in total. The fourth-order valence-electron chi connectivity index (χ4n) is 4.35. The van der Waals surface area contributed by atoms with E-state index in [-0.39, 0.29) is 0 Å². The molecule has 0 saturated carbocycles. The van der Waals surface area contributed by atoms with E-state index in [0.29, 0.717) is 0 Å². The molecule has 0 saturated heterocycles. The Labute approximate surface area is 193 Å². The van der Waals surface area contributed by atoms with Crippen LogP contribution in [-0.4, -0.2) is 39.0 Å². The van der Waals surface area contributed by atoms with Crippen LogP contribution in [0.1, 0.15) is 22.8 Å². The van der Waals surface area contributed by atoms with Crippen LogP contribution < -0.4 is 0 Å². The topological polar surface area (TPSA) is 93.0 Å². The van der Waals surface area contributed by atoms with Gasteiger partial charge in [-0.3, -0.25) is 9.13 Å². The van der Waals surface area contributed by atoms with E-state index in [9.17, 15) is 0 Å². The number of nitrogens with zero attached hydrogens (tertiary/aromatic N) is 6. The number of hydrogen-bond acceptors (Lipinski definition) is 4. The molecule has 7 heterocycles. The molecule has 5 aromatic rings. The molecule has 0 aliphatic carbocycles. The van der Waals surface area contributed by atoms with Crippen molar-refractivity contribution in [2.45, 2.75) is 0 Å². The monoisotopic (exact) mass is 442 g/mol. The van der Waals surface area contributed by atoms with Crippen molar-refractivity contribution < 1.29 is 0 Å². The summed E-state index contributed by atoms with van der Waals surface area (Å²) in [6, 6.07) is 16.5. The molecule has 2 aliphatic heterocycles. The van der Waals surface area contributed by atoms with Crippen molar-refractivity contribution in [3.63, 3.8) is 0 Å². The highest BCUT2D eigenvalue weighted by atomic mass is 15.2. The van der Waals surface area contributed by atoms with Gasteiger partial charge in [0.05, 0.1) is 44.8 Å². The van der Waals surface area contributed by atoms with Crippen LogP contribution >= 0.6 is 0 Å². The zero-order valence-corrected chi connectivity index (χ0v) is 17.9. The van der Waals surface area contributed by atoms with E-state index in [2.05, 4.69) is 77.6 Å². The minimum absolute atomic E-state index is 0.739. The maximum absolute atomic E-state index is 4.83. The van der Waals surface area contributed by atoms with Crippen molar-refractivity contribution in [2.75, 3.05) is 0 Å². The smallest absolute Gasteiger partial charge is 0.212 e.